The van der Waals surface area contributed by atoms with E-state index < -0.39 is 28.8 Å². The number of ketones is 1. The van der Waals surface area contributed by atoms with Crippen LogP contribution in [0.4, 0.5) is 17.6 Å². The Kier molecular flexibility index (Phi) is 5.88. The van der Waals surface area contributed by atoms with Gasteiger partial charge in [0.15, 0.2) is 22.6 Å². The van der Waals surface area contributed by atoms with E-state index in [1.807, 2.05) is 0 Å². The number of halogens is 4. The number of benzene rings is 2. The standard InChI is InChI=1S/C20H16F4N2OS/c1-3-17(27)19-11(2)25-20(26(19)13-6-4-12(21)5-7-13)28-10-14-15(22)8-9-16(23)18(14)24/h4-9H,3,10H2,1-2H3. The predicted octanol–water partition coefficient (Wildman–Crippen LogP) is 5.62. The van der Waals surface area contributed by atoms with Crippen LogP contribution in [0.15, 0.2) is 41.6 Å². The van der Waals surface area contributed by atoms with Gasteiger partial charge < -0.3 is 0 Å². The van der Waals surface area contributed by atoms with Crippen LogP contribution in [0.3, 0.4) is 0 Å². The van der Waals surface area contributed by atoms with E-state index >= 15 is 0 Å². The highest BCUT2D eigenvalue weighted by Gasteiger charge is 2.22. The first kappa shape index (κ1) is 20.1. The Morgan fingerprint density at radius 2 is 1.68 bits per heavy atom. The van der Waals surface area contributed by atoms with Crippen molar-refractivity contribution in [3.63, 3.8) is 0 Å². The van der Waals surface area contributed by atoms with E-state index in [1.54, 1.807) is 13.8 Å². The molecule has 2 aromatic carbocycles. The van der Waals surface area contributed by atoms with Gasteiger partial charge in [-0.2, -0.15) is 0 Å². The Bertz CT molecular complexity index is 1030. The van der Waals surface area contributed by atoms with E-state index in [4.69, 9.17) is 0 Å². The third kappa shape index (κ3) is 3.82. The van der Waals surface area contributed by atoms with Gasteiger partial charge >= 0.3 is 0 Å². The first-order valence-electron chi connectivity index (χ1n) is 8.47. The Labute approximate surface area is 163 Å². The van der Waals surface area contributed by atoms with Crippen molar-refractivity contribution in [1.29, 1.82) is 0 Å². The molecule has 0 atom stereocenters. The van der Waals surface area contributed by atoms with E-state index in [0.29, 0.717) is 22.2 Å². The summed E-state index contributed by atoms with van der Waals surface area (Å²) in [5.41, 5.74) is 0.830. The van der Waals surface area contributed by atoms with Gasteiger partial charge in [-0.3, -0.25) is 9.36 Å². The zero-order chi connectivity index (χ0) is 20.4. The lowest BCUT2D eigenvalue weighted by atomic mass is 10.2. The summed E-state index contributed by atoms with van der Waals surface area (Å²) < 4.78 is 56.2. The summed E-state index contributed by atoms with van der Waals surface area (Å²) in [6, 6.07) is 7.03. The van der Waals surface area contributed by atoms with Gasteiger partial charge in [0.25, 0.3) is 0 Å². The van der Waals surface area contributed by atoms with Crippen molar-refractivity contribution in [1.82, 2.24) is 9.55 Å². The van der Waals surface area contributed by atoms with E-state index in [2.05, 4.69) is 4.98 Å². The number of carbonyl (C=O) groups is 1. The molecule has 0 aliphatic heterocycles. The lowest BCUT2D eigenvalue weighted by Gasteiger charge is -2.12. The van der Waals surface area contributed by atoms with Crippen LogP contribution in [0.5, 0.6) is 0 Å². The quantitative estimate of drug-likeness (QED) is 0.230. The number of hydrogen-bond donors (Lipinski definition) is 0. The van der Waals surface area contributed by atoms with E-state index in [-0.39, 0.29) is 18.0 Å². The molecule has 0 unspecified atom stereocenters. The smallest absolute Gasteiger partial charge is 0.181 e. The van der Waals surface area contributed by atoms with Crippen LogP contribution >= 0.6 is 11.8 Å². The van der Waals surface area contributed by atoms with Crippen molar-refractivity contribution >= 4 is 17.5 Å². The Morgan fingerprint density at radius 1 is 1.04 bits per heavy atom. The second-order valence-electron chi connectivity index (χ2n) is 6.03. The SMILES string of the molecule is CCC(=O)c1c(C)nc(SCc2c(F)ccc(F)c2F)n1-c1ccc(F)cc1. The van der Waals surface area contributed by atoms with Crippen LogP contribution in [0.2, 0.25) is 0 Å². The molecule has 28 heavy (non-hydrogen) atoms. The van der Waals surface area contributed by atoms with Gasteiger partial charge in [0.1, 0.15) is 17.3 Å². The van der Waals surface area contributed by atoms with Gasteiger partial charge in [-0.15, -0.1) is 0 Å². The molecule has 3 rings (SSSR count). The maximum absolute atomic E-state index is 13.9. The maximum Gasteiger partial charge on any atom is 0.181 e. The molecule has 146 valence electrons. The van der Waals surface area contributed by atoms with Gasteiger partial charge in [0.05, 0.1) is 5.69 Å². The minimum absolute atomic E-state index is 0.177. The molecule has 3 nitrogen and oxygen atoms in total. The molecule has 0 bridgehead atoms. The minimum atomic E-state index is -1.26. The van der Waals surface area contributed by atoms with Gasteiger partial charge in [-0.05, 0) is 43.3 Å². The number of aryl methyl sites for hydroxylation is 1. The lowest BCUT2D eigenvalue weighted by Crippen LogP contribution is -2.09. The molecule has 0 spiro atoms. The van der Waals surface area contributed by atoms with Crippen LogP contribution in [-0.4, -0.2) is 15.3 Å². The van der Waals surface area contributed by atoms with Crippen molar-refractivity contribution in [2.24, 2.45) is 0 Å². The first-order chi connectivity index (χ1) is 13.3. The summed E-state index contributed by atoms with van der Waals surface area (Å²) in [6.45, 7) is 3.35. The number of imidazole rings is 1. The molecule has 0 aliphatic carbocycles. The molecule has 1 heterocycles. The highest BCUT2D eigenvalue weighted by Crippen LogP contribution is 2.31. The van der Waals surface area contributed by atoms with Crippen molar-refractivity contribution in [3.8, 4) is 5.69 Å². The highest BCUT2D eigenvalue weighted by molar-refractivity contribution is 7.98. The molecule has 0 saturated carbocycles. The number of nitrogens with zero attached hydrogens (tertiary/aromatic N) is 2. The predicted molar refractivity (Wildman–Crippen MR) is 98.8 cm³/mol. The fourth-order valence-corrected chi connectivity index (χ4v) is 3.83. The fraction of sp³-hybridized carbons (Fsp3) is 0.200. The summed E-state index contributed by atoms with van der Waals surface area (Å²) in [4.78, 5) is 16.8. The van der Waals surface area contributed by atoms with Crippen LogP contribution < -0.4 is 0 Å². The first-order valence-corrected chi connectivity index (χ1v) is 9.45. The second kappa shape index (κ2) is 8.18. The van der Waals surface area contributed by atoms with Crippen LogP contribution in [0.1, 0.15) is 35.1 Å². The van der Waals surface area contributed by atoms with Gasteiger partial charge in [0, 0.05) is 23.4 Å². The number of carbonyl (C=O) groups excluding carboxylic acids is 1. The number of hydrogen-bond acceptors (Lipinski definition) is 3. The summed E-state index contributed by atoms with van der Waals surface area (Å²) in [6.07, 6.45) is 0.227. The molecule has 0 aliphatic rings. The lowest BCUT2D eigenvalue weighted by molar-refractivity contribution is 0.0980. The molecule has 8 heteroatoms. The summed E-state index contributed by atoms with van der Waals surface area (Å²) >= 11 is 0.958. The van der Waals surface area contributed by atoms with Crippen molar-refractivity contribution in [2.75, 3.05) is 0 Å². The van der Waals surface area contributed by atoms with Crippen LogP contribution in [0, 0.1) is 30.2 Å². The molecule has 0 amide bonds. The molecule has 1 aromatic heterocycles. The fourth-order valence-electron chi connectivity index (χ4n) is 2.76. The van der Waals surface area contributed by atoms with Crippen LogP contribution in [-0.2, 0) is 5.75 Å². The monoisotopic (exact) mass is 408 g/mol. The topological polar surface area (TPSA) is 34.9 Å². The molecular formula is C20H16F4N2OS. The zero-order valence-electron chi connectivity index (χ0n) is 15.1. The molecule has 3 aromatic rings. The summed E-state index contributed by atoms with van der Waals surface area (Å²) in [7, 11) is 0. The Morgan fingerprint density at radius 3 is 2.32 bits per heavy atom. The van der Waals surface area contributed by atoms with Gasteiger partial charge in [-0.1, -0.05) is 18.7 Å². The maximum atomic E-state index is 13.9. The normalized spacial score (nSPS) is 11.1. The zero-order valence-corrected chi connectivity index (χ0v) is 15.9. The van der Waals surface area contributed by atoms with E-state index in [0.717, 1.165) is 23.9 Å². The third-order valence-corrected chi connectivity index (χ3v) is 5.14. The largest absolute Gasteiger partial charge is 0.292 e. The average molecular weight is 408 g/mol. The number of Topliss-reactive ketones (excluding diaryl/α,β-unsaturated/α-hetero) is 1. The average Bonchev–Trinajstić information content (AvgIpc) is 3.01. The molecule has 0 N–H and O–H groups in total. The minimum Gasteiger partial charge on any atom is -0.292 e. The summed E-state index contributed by atoms with van der Waals surface area (Å²) in [5.74, 6) is -4.11. The number of thioether (sulfide) groups is 1. The molecule has 0 radical (unpaired) electrons. The van der Waals surface area contributed by atoms with Gasteiger partial charge in [0.2, 0.25) is 0 Å². The Balaban J connectivity index is 2.05. The third-order valence-electron chi connectivity index (χ3n) is 4.18. The van der Waals surface area contributed by atoms with E-state index in [9.17, 15) is 22.4 Å². The van der Waals surface area contributed by atoms with Crippen molar-refractivity contribution in [2.45, 2.75) is 31.2 Å². The van der Waals surface area contributed by atoms with Gasteiger partial charge in [-0.25, -0.2) is 22.5 Å². The second-order valence-corrected chi connectivity index (χ2v) is 6.97. The summed E-state index contributed by atoms with van der Waals surface area (Å²) in [5, 5.41) is 0.295. The number of aromatic nitrogens is 2. The van der Waals surface area contributed by atoms with Crippen molar-refractivity contribution < 1.29 is 22.4 Å². The molecular weight excluding hydrogens is 392 g/mol. The van der Waals surface area contributed by atoms with Crippen LogP contribution in [0.25, 0.3) is 5.69 Å². The molecule has 0 saturated heterocycles. The number of rotatable bonds is 6. The highest BCUT2D eigenvalue weighted by atomic mass is 32.2. The van der Waals surface area contributed by atoms with Crippen molar-refractivity contribution in [3.05, 3.63) is 76.6 Å². The Hall–Kier alpha value is -2.61. The molecule has 0 fully saturated rings. The van der Waals surface area contributed by atoms with E-state index in [1.165, 1.54) is 28.8 Å².